The van der Waals surface area contributed by atoms with E-state index in [0.29, 0.717) is 6.42 Å². The van der Waals surface area contributed by atoms with Gasteiger partial charge in [0, 0.05) is 12.2 Å². The second kappa shape index (κ2) is 3.17. The molecule has 0 aromatic rings. The minimum absolute atomic E-state index is 0.0460. The van der Waals surface area contributed by atoms with E-state index in [0.717, 1.165) is 19.1 Å². The van der Waals surface area contributed by atoms with Crippen molar-refractivity contribution in [1.29, 1.82) is 0 Å². The van der Waals surface area contributed by atoms with Crippen LogP contribution in [-0.2, 0) is 14.6 Å². The lowest BCUT2D eigenvalue weighted by molar-refractivity contribution is -0.119. The number of carbonyl (C=O) groups excluding carboxylic acids is 1. The number of sulfone groups is 1. The molecule has 1 rings (SSSR count). The van der Waals surface area contributed by atoms with Crippen molar-refractivity contribution >= 4 is 15.6 Å². The van der Waals surface area contributed by atoms with E-state index in [1.165, 1.54) is 0 Å². The zero-order valence-electron chi connectivity index (χ0n) is 7.41. The summed E-state index contributed by atoms with van der Waals surface area (Å²) in [6.07, 6.45) is 3.31. The number of hydrogen-bond acceptors (Lipinski definition) is 3. The van der Waals surface area contributed by atoms with Gasteiger partial charge in [-0.2, -0.15) is 0 Å². The number of carbonyl (C=O) groups is 1. The van der Waals surface area contributed by atoms with E-state index in [-0.39, 0.29) is 11.7 Å². The molecule has 0 N–H and O–H groups in total. The average Bonchev–Trinajstić information content (AvgIpc) is 2.65. The Kier molecular flexibility index (Phi) is 2.56. The van der Waals surface area contributed by atoms with Crippen LogP contribution in [0.4, 0.5) is 0 Å². The normalized spacial score (nSPS) is 20.5. The summed E-state index contributed by atoms with van der Waals surface area (Å²) in [4.78, 5) is 11.4. The zero-order valence-corrected chi connectivity index (χ0v) is 8.23. The number of ketones is 1. The first-order valence-corrected chi connectivity index (χ1v) is 6.15. The van der Waals surface area contributed by atoms with Gasteiger partial charge in [0.25, 0.3) is 0 Å². The average molecular weight is 190 g/mol. The summed E-state index contributed by atoms with van der Waals surface area (Å²) in [6, 6.07) is 0. The van der Waals surface area contributed by atoms with Crippen LogP contribution in [0.5, 0.6) is 0 Å². The molecular formula is C8H14O3S. The maximum absolute atomic E-state index is 11.4. The molecule has 12 heavy (non-hydrogen) atoms. The topological polar surface area (TPSA) is 51.2 Å². The number of Topliss-reactive ketones (excluding diaryl/α,β-unsaturated/α-hetero) is 1. The minimum Gasteiger partial charge on any atom is -0.298 e. The molecule has 0 saturated heterocycles. The van der Waals surface area contributed by atoms with Gasteiger partial charge in [0.15, 0.2) is 15.6 Å². The first-order valence-electron chi connectivity index (χ1n) is 4.19. The van der Waals surface area contributed by atoms with Crippen molar-refractivity contribution in [3.8, 4) is 0 Å². The number of rotatable bonds is 4. The SMILES string of the molecule is CC[C@H](C(=O)C1CC1)S(C)(=O)=O. The molecule has 4 heteroatoms. The van der Waals surface area contributed by atoms with Gasteiger partial charge in [-0.25, -0.2) is 8.42 Å². The lowest BCUT2D eigenvalue weighted by Gasteiger charge is -2.09. The van der Waals surface area contributed by atoms with Gasteiger partial charge in [0.1, 0.15) is 5.25 Å². The maximum Gasteiger partial charge on any atom is 0.157 e. The Balaban J connectivity index is 2.74. The van der Waals surface area contributed by atoms with Gasteiger partial charge in [-0.15, -0.1) is 0 Å². The van der Waals surface area contributed by atoms with Crippen LogP contribution in [0.25, 0.3) is 0 Å². The van der Waals surface area contributed by atoms with Crippen molar-refractivity contribution in [2.45, 2.75) is 31.4 Å². The molecule has 1 atom stereocenters. The molecule has 0 bridgehead atoms. The van der Waals surface area contributed by atoms with Crippen LogP contribution < -0.4 is 0 Å². The molecular weight excluding hydrogens is 176 g/mol. The molecule has 0 aromatic heterocycles. The van der Waals surface area contributed by atoms with E-state index in [4.69, 9.17) is 0 Å². The van der Waals surface area contributed by atoms with Crippen molar-refractivity contribution in [2.24, 2.45) is 5.92 Å². The second-order valence-electron chi connectivity index (χ2n) is 3.40. The molecule has 0 aliphatic heterocycles. The largest absolute Gasteiger partial charge is 0.298 e. The van der Waals surface area contributed by atoms with Crippen LogP contribution in [0.3, 0.4) is 0 Å². The van der Waals surface area contributed by atoms with E-state index in [2.05, 4.69) is 0 Å². The highest BCUT2D eigenvalue weighted by Crippen LogP contribution is 2.32. The van der Waals surface area contributed by atoms with Crippen molar-refractivity contribution in [3.05, 3.63) is 0 Å². The minimum atomic E-state index is -3.17. The number of hydrogen-bond donors (Lipinski definition) is 0. The highest BCUT2D eigenvalue weighted by atomic mass is 32.2. The molecule has 70 valence electrons. The van der Waals surface area contributed by atoms with Crippen molar-refractivity contribution in [3.63, 3.8) is 0 Å². The fourth-order valence-electron chi connectivity index (χ4n) is 1.35. The summed E-state index contributed by atoms with van der Waals surface area (Å²) in [5.74, 6) is -0.0234. The quantitative estimate of drug-likeness (QED) is 0.658. The van der Waals surface area contributed by atoms with Crippen LogP contribution in [0.15, 0.2) is 0 Å². The Morgan fingerprint density at radius 3 is 2.25 bits per heavy atom. The van der Waals surface area contributed by atoms with E-state index >= 15 is 0 Å². The van der Waals surface area contributed by atoms with E-state index in [1.54, 1.807) is 6.92 Å². The highest BCUT2D eigenvalue weighted by molar-refractivity contribution is 7.92. The van der Waals surface area contributed by atoms with E-state index in [1.807, 2.05) is 0 Å². The summed E-state index contributed by atoms with van der Waals surface area (Å²) in [5.41, 5.74) is 0. The van der Waals surface area contributed by atoms with Crippen molar-refractivity contribution in [2.75, 3.05) is 6.26 Å². The van der Waals surface area contributed by atoms with Crippen LogP contribution in [0, 0.1) is 5.92 Å². The Morgan fingerprint density at radius 2 is 2.00 bits per heavy atom. The molecule has 0 amide bonds. The predicted molar refractivity (Wildman–Crippen MR) is 46.7 cm³/mol. The summed E-state index contributed by atoms with van der Waals surface area (Å²) in [7, 11) is -3.17. The van der Waals surface area contributed by atoms with Gasteiger partial charge >= 0.3 is 0 Å². The molecule has 0 heterocycles. The van der Waals surface area contributed by atoms with Crippen LogP contribution in [-0.4, -0.2) is 25.7 Å². The fourth-order valence-corrected chi connectivity index (χ4v) is 2.57. The molecule has 0 unspecified atom stereocenters. The first-order chi connectivity index (χ1) is 5.46. The monoisotopic (exact) mass is 190 g/mol. The van der Waals surface area contributed by atoms with Gasteiger partial charge in [-0.3, -0.25) is 4.79 Å². The highest BCUT2D eigenvalue weighted by Gasteiger charge is 2.38. The van der Waals surface area contributed by atoms with Gasteiger partial charge in [-0.05, 0) is 19.3 Å². The molecule has 1 aliphatic carbocycles. The molecule has 3 nitrogen and oxygen atoms in total. The summed E-state index contributed by atoms with van der Waals surface area (Å²) in [6.45, 7) is 1.74. The Morgan fingerprint density at radius 1 is 1.50 bits per heavy atom. The Labute approximate surface area is 73.1 Å². The molecule has 1 aliphatic rings. The van der Waals surface area contributed by atoms with E-state index < -0.39 is 15.1 Å². The summed E-state index contributed by atoms with van der Waals surface area (Å²) in [5, 5.41) is -0.745. The van der Waals surface area contributed by atoms with Gasteiger partial charge < -0.3 is 0 Å². The van der Waals surface area contributed by atoms with Gasteiger partial charge in [0.05, 0.1) is 0 Å². The third-order valence-electron chi connectivity index (χ3n) is 2.18. The molecule has 0 spiro atoms. The molecule has 1 fully saturated rings. The first kappa shape index (κ1) is 9.71. The third-order valence-corrected chi connectivity index (χ3v) is 3.78. The Hall–Kier alpha value is -0.380. The second-order valence-corrected chi connectivity index (χ2v) is 5.63. The standard InChI is InChI=1S/C8H14O3S/c1-3-7(12(2,10)11)8(9)6-4-5-6/h6-7H,3-5H2,1-2H3/t7-/m1/s1. The molecule has 1 saturated carbocycles. The third kappa shape index (κ3) is 2.06. The predicted octanol–water partition coefficient (Wildman–Crippen LogP) is 0.789. The van der Waals surface area contributed by atoms with Crippen molar-refractivity contribution < 1.29 is 13.2 Å². The van der Waals surface area contributed by atoms with Crippen LogP contribution in [0.2, 0.25) is 0 Å². The van der Waals surface area contributed by atoms with Gasteiger partial charge in [0.2, 0.25) is 0 Å². The zero-order chi connectivity index (χ0) is 9.35. The smallest absolute Gasteiger partial charge is 0.157 e. The molecule has 0 aromatic carbocycles. The van der Waals surface area contributed by atoms with Gasteiger partial charge in [-0.1, -0.05) is 6.92 Å². The maximum atomic E-state index is 11.4. The van der Waals surface area contributed by atoms with Crippen molar-refractivity contribution in [1.82, 2.24) is 0 Å². The molecule has 0 radical (unpaired) electrons. The lowest BCUT2D eigenvalue weighted by atomic mass is 10.1. The van der Waals surface area contributed by atoms with E-state index in [9.17, 15) is 13.2 Å². The summed E-state index contributed by atoms with van der Waals surface area (Å²) < 4.78 is 22.2. The Bertz CT molecular complexity index is 275. The van der Waals surface area contributed by atoms with Crippen LogP contribution >= 0.6 is 0 Å². The summed E-state index contributed by atoms with van der Waals surface area (Å²) >= 11 is 0. The lowest BCUT2D eigenvalue weighted by Crippen LogP contribution is -2.29. The fraction of sp³-hybridized carbons (Fsp3) is 0.875. The van der Waals surface area contributed by atoms with Crippen LogP contribution in [0.1, 0.15) is 26.2 Å².